The van der Waals surface area contributed by atoms with E-state index in [9.17, 15) is 20.4 Å². The van der Waals surface area contributed by atoms with Crippen molar-refractivity contribution in [3.05, 3.63) is 53.6 Å². The molecule has 1 unspecified atom stereocenters. The number of phenols is 3. The van der Waals surface area contributed by atoms with Gasteiger partial charge in [-0.1, -0.05) is 0 Å². The molecule has 0 aliphatic carbocycles. The predicted molar refractivity (Wildman–Crippen MR) is 71.4 cm³/mol. The van der Waals surface area contributed by atoms with Gasteiger partial charge in [-0.3, -0.25) is 0 Å². The maximum absolute atomic E-state index is 10.5. The minimum absolute atomic E-state index is 0.0231. The van der Waals surface area contributed by atoms with Crippen molar-refractivity contribution >= 4 is 6.08 Å². The molecule has 2 aromatic carbocycles. The number of aromatic hydroxyl groups is 3. The Bertz CT molecular complexity index is 707. The number of aliphatic hydroxyl groups is 1. The number of rotatable bonds is 1. The third-order valence-electron chi connectivity index (χ3n) is 3.14. The molecule has 5 nitrogen and oxygen atoms in total. The van der Waals surface area contributed by atoms with Crippen LogP contribution in [-0.4, -0.2) is 20.4 Å². The van der Waals surface area contributed by atoms with E-state index >= 15 is 0 Å². The largest absolute Gasteiger partial charge is 0.508 e. The first kappa shape index (κ1) is 12.4. The molecule has 0 bridgehead atoms. The van der Waals surface area contributed by atoms with Crippen LogP contribution in [0.2, 0.25) is 0 Å². The van der Waals surface area contributed by atoms with E-state index in [1.54, 1.807) is 12.1 Å². The number of fused-ring (bicyclic) bond motifs is 1. The van der Waals surface area contributed by atoms with Gasteiger partial charge in [-0.2, -0.15) is 0 Å². The first-order chi connectivity index (χ1) is 9.48. The van der Waals surface area contributed by atoms with Gasteiger partial charge < -0.3 is 25.2 Å². The molecule has 1 aliphatic rings. The van der Waals surface area contributed by atoms with Crippen molar-refractivity contribution in [2.75, 3.05) is 0 Å². The van der Waals surface area contributed by atoms with Crippen molar-refractivity contribution in [3.63, 3.8) is 0 Å². The topological polar surface area (TPSA) is 90.2 Å². The molecule has 4 N–H and O–H groups in total. The summed E-state index contributed by atoms with van der Waals surface area (Å²) in [5, 5.41) is 38.8. The van der Waals surface area contributed by atoms with Crippen LogP contribution in [0.15, 0.2) is 42.5 Å². The van der Waals surface area contributed by atoms with Crippen LogP contribution in [0, 0.1) is 0 Å². The summed E-state index contributed by atoms with van der Waals surface area (Å²) in [6.45, 7) is 0. The quantitative estimate of drug-likeness (QED) is 0.596. The average molecular weight is 272 g/mol. The zero-order valence-corrected chi connectivity index (χ0v) is 10.3. The van der Waals surface area contributed by atoms with Crippen LogP contribution in [0.3, 0.4) is 0 Å². The standard InChI is InChI=1S/C15H12O5/c16-11-3-1-9-5-6-15(19,20-14(9)8-11)10-2-4-12(17)13(18)7-10/h1-8,16-19H. The summed E-state index contributed by atoms with van der Waals surface area (Å²) in [7, 11) is 0. The summed E-state index contributed by atoms with van der Waals surface area (Å²) in [6.07, 6.45) is 3.08. The summed E-state index contributed by atoms with van der Waals surface area (Å²) in [4.78, 5) is 0. The lowest BCUT2D eigenvalue weighted by atomic mass is 10.00. The average Bonchev–Trinajstić information content (AvgIpc) is 2.41. The molecule has 0 saturated heterocycles. The van der Waals surface area contributed by atoms with Gasteiger partial charge in [0.15, 0.2) is 11.5 Å². The monoisotopic (exact) mass is 272 g/mol. The van der Waals surface area contributed by atoms with Crippen molar-refractivity contribution in [2.24, 2.45) is 0 Å². The van der Waals surface area contributed by atoms with Gasteiger partial charge in [0, 0.05) is 17.2 Å². The second-order valence-electron chi connectivity index (χ2n) is 4.56. The Kier molecular flexibility index (Phi) is 2.59. The van der Waals surface area contributed by atoms with Gasteiger partial charge in [0.2, 0.25) is 0 Å². The highest BCUT2D eigenvalue weighted by atomic mass is 16.6. The van der Waals surface area contributed by atoms with Gasteiger partial charge in [0.25, 0.3) is 5.79 Å². The van der Waals surface area contributed by atoms with Gasteiger partial charge in [0.1, 0.15) is 11.5 Å². The summed E-state index contributed by atoms with van der Waals surface area (Å²) < 4.78 is 5.50. The summed E-state index contributed by atoms with van der Waals surface area (Å²) >= 11 is 0. The number of hydrogen-bond acceptors (Lipinski definition) is 5. The zero-order chi connectivity index (χ0) is 14.3. The van der Waals surface area contributed by atoms with Crippen molar-refractivity contribution < 1.29 is 25.2 Å². The molecule has 0 fully saturated rings. The first-order valence-electron chi connectivity index (χ1n) is 5.94. The van der Waals surface area contributed by atoms with Crippen molar-refractivity contribution in [1.29, 1.82) is 0 Å². The molecule has 1 atom stereocenters. The second kappa shape index (κ2) is 4.18. The Labute approximate surface area is 114 Å². The van der Waals surface area contributed by atoms with E-state index in [-0.39, 0.29) is 22.8 Å². The molecule has 0 radical (unpaired) electrons. The van der Waals surface area contributed by atoms with Gasteiger partial charge in [-0.15, -0.1) is 0 Å². The van der Waals surface area contributed by atoms with Crippen molar-refractivity contribution in [1.82, 2.24) is 0 Å². The first-order valence-corrected chi connectivity index (χ1v) is 5.94. The fourth-order valence-electron chi connectivity index (χ4n) is 2.05. The molecule has 0 amide bonds. The molecule has 20 heavy (non-hydrogen) atoms. The highest BCUT2D eigenvalue weighted by Crippen LogP contribution is 2.39. The number of benzene rings is 2. The van der Waals surface area contributed by atoms with E-state index in [4.69, 9.17) is 4.74 Å². The summed E-state index contributed by atoms with van der Waals surface area (Å²) in [5.74, 6) is -2.06. The summed E-state index contributed by atoms with van der Waals surface area (Å²) in [5.41, 5.74) is 0.980. The molecule has 102 valence electrons. The van der Waals surface area contributed by atoms with Crippen LogP contribution < -0.4 is 4.74 Å². The van der Waals surface area contributed by atoms with E-state index in [1.807, 2.05) is 0 Å². The Hall–Kier alpha value is -2.66. The number of hydrogen-bond donors (Lipinski definition) is 4. The van der Waals surface area contributed by atoms with Gasteiger partial charge in [0.05, 0.1) is 0 Å². The lowest BCUT2D eigenvalue weighted by Gasteiger charge is -2.30. The summed E-state index contributed by atoms with van der Waals surface area (Å²) in [6, 6.07) is 8.49. The van der Waals surface area contributed by atoms with E-state index < -0.39 is 5.79 Å². The Balaban J connectivity index is 2.04. The molecular weight excluding hydrogens is 260 g/mol. The van der Waals surface area contributed by atoms with Crippen molar-refractivity contribution in [2.45, 2.75) is 5.79 Å². The maximum Gasteiger partial charge on any atom is 0.255 e. The van der Waals surface area contributed by atoms with Crippen LogP contribution in [0.25, 0.3) is 6.08 Å². The third kappa shape index (κ3) is 1.94. The van der Waals surface area contributed by atoms with Crippen LogP contribution >= 0.6 is 0 Å². The van der Waals surface area contributed by atoms with Crippen LogP contribution in [-0.2, 0) is 5.79 Å². The van der Waals surface area contributed by atoms with Crippen LogP contribution in [0.1, 0.15) is 11.1 Å². The Morgan fingerprint density at radius 2 is 1.70 bits per heavy atom. The maximum atomic E-state index is 10.5. The molecule has 2 aromatic rings. The lowest BCUT2D eigenvalue weighted by molar-refractivity contribution is -0.103. The Morgan fingerprint density at radius 3 is 2.45 bits per heavy atom. The zero-order valence-electron chi connectivity index (χ0n) is 10.3. The number of phenolic OH excluding ortho intramolecular Hbond substituents is 3. The fourth-order valence-corrected chi connectivity index (χ4v) is 2.05. The van der Waals surface area contributed by atoms with Gasteiger partial charge >= 0.3 is 0 Å². The second-order valence-corrected chi connectivity index (χ2v) is 4.56. The minimum Gasteiger partial charge on any atom is -0.508 e. The molecule has 0 saturated carbocycles. The highest BCUT2D eigenvalue weighted by Gasteiger charge is 2.33. The van der Waals surface area contributed by atoms with Gasteiger partial charge in [-0.25, -0.2) is 0 Å². The fraction of sp³-hybridized carbons (Fsp3) is 0.0667. The molecule has 0 spiro atoms. The van der Waals surface area contributed by atoms with Crippen molar-refractivity contribution in [3.8, 4) is 23.0 Å². The highest BCUT2D eigenvalue weighted by molar-refractivity contribution is 5.63. The minimum atomic E-state index is -1.77. The smallest absolute Gasteiger partial charge is 0.255 e. The molecule has 5 heteroatoms. The molecule has 3 rings (SSSR count). The predicted octanol–water partition coefficient (Wildman–Crippen LogP) is 2.05. The third-order valence-corrected chi connectivity index (χ3v) is 3.14. The van der Waals surface area contributed by atoms with E-state index in [1.165, 1.54) is 36.4 Å². The molecule has 1 heterocycles. The van der Waals surface area contributed by atoms with Crippen LogP contribution in [0.5, 0.6) is 23.0 Å². The molecular formula is C15H12O5. The van der Waals surface area contributed by atoms with E-state index in [0.29, 0.717) is 5.75 Å². The SMILES string of the molecule is Oc1ccc2c(c1)OC(O)(c1ccc(O)c(O)c1)C=C2. The Morgan fingerprint density at radius 1 is 0.900 bits per heavy atom. The molecule has 1 aliphatic heterocycles. The van der Waals surface area contributed by atoms with Gasteiger partial charge in [-0.05, 0) is 42.5 Å². The number of ether oxygens (including phenoxy) is 1. The van der Waals surface area contributed by atoms with E-state index in [2.05, 4.69) is 0 Å². The lowest BCUT2D eigenvalue weighted by Crippen LogP contribution is -2.32. The van der Waals surface area contributed by atoms with Crippen LogP contribution in [0.4, 0.5) is 0 Å². The molecule has 0 aromatic heterocycles. The normalized spacial score (nSPS) is 20.2. The van der Waals surface area contributed by atoms with E-state index in [0.717, 1.165) is 5.56 Å².